The van der Waals surface area contributed by atoms with Gasteiger partial charge in [0.15, 0.2) is 0 Å². The van der Waals surface area contributed by atoms with Gasteiger partial charge in [0.05, 0.1) is 12.7 Å². The summed E-state index contributed by atoms with van der Waals surface area (Å²) in [5, 5.41) is 15.2. The lowest BCUT2D eigenvalue weighted by Gasteiger charge is -2.60. The number of rotatable bonds is 8. The molecule has 1 aromatic carbocycles. The van der Waals surface area contributed by atoms with E-state index in [0.29, 0.717) is 30.0 Å². The Morgan fingerprint density at radius 1 is 1.05 bits per heavy atom. The van der Waals surface area contributed by atoms with E-state index in [1.165, 1.54) is 50.5 Å². The van der Waals surface area contributed by atoms with E-state index < -0.39 is 0 Å². The molecular weight excluding hydrogens is 470 g/mol. The molecule has 8 atom stereocenters. The molecule has 210 valence electrons. The molecule has 0 bridgehead atoms. The minimum absolute atomic E-state index is 0.0586. The maximum absolute atomic E-state index is 11.4. The second-order valence-corrected chi connectivity index (χ2v) is 13.6. The van der Waals surface area contributed by atoms with E-state index in [4.69, 9.17) is 9.47 Å². The van der Waals surface area contributed by atoms with Crippen LogP contribution in [0.25, 0.3) is 0 Å². The van der Waals surface area contributed by atoms with E-state index in [2.05, 4.69) is 55.6 Å². The summed E-state index contributed by atoms with van der Waals surface area (Å²) in [4.78, 5) is 0. The summed E-state index contributed by atoms with van der Waals surface area (Å²) in [6, 6.07) is 9.63. The van der Waals surface area contributed by atoms with Gasteiger partial charge < -0.3 is 19.9 Å². The normalized spacial score (nSPS) is 39.7. The smallest absolute Gasteiger partial charge is 0.119 e. The zero-order valence-electron chi connectivity index (χ0n) is 23.9. The van der Waals surface area contributed by atoms with Crippen LogP contribution in [0.15, 0.2) is 36.4 Å². The molecule has 0 spiro atoms. The highest BCUT2D eigenvalue weighted by Crippen LogP contribution is 2.66. The Balaban J connectivity index is 1.11. The third kappa shape index (κ3) is 4.88. The topological polar surface area (TPSA) is 50.7 Å². The number of nitrogens with one attached hydrogen (secondary N) is 1. The summed E-state index contributed by atoms with van der Waals surface area (Å²) in [5.41, 5.74) is 1.85. The number of ether oxygens (including phenoxy) is 2. The van der Waals surface area contributed by atoms with Crippen LogP contribution in [0.4, 0.5) is 0 Å². The van der Waals surface area contributed by atoms with Crippen molar-refractivity contribution in [1.82, 2.24) is 5.32 Å². The van der Waals surface area contributed by atoms with Crippen LogP contribution in [-0.2, 0) is 4.74 Å². The summed E-state index contributed by atoms with van der Waals surface area (Å²) in [6.45, 7) is 7.31. The standard InChI is InChI=1S/C34H51NO3/c1-3-31(35-26-15-20-37-21-16-26)24-7-6-9-27(23-24)38-22-19-34-18-14-29-28(30(34)12-13-32(34)36)11-10-25-8-4-5-17-33(25,29)2/h4-7,9,23,25-26,28-32,35-36H,3,8,10-22H2,1-2H3/t25?,28?,29?,30?,31?,32?,33-,34+/m0/s1. The van der Waals surface area contributed by atoms with Crippen molar-refractivity contribution in [3.63, 3.8) is 0 Å². The highest BCUT2D eigenvalue weighted by molar-refractivity contribution is 5.31. The van der Waals surface area contributed by atoms with Gasteiger partial charge in [-0.1, -0.05) is 38.1 Å². The molecule has 38 heavy (non-hydrogen) atoms. The van der Waals surface area contributed by atoms with E-state index in [1.54, 1.807) is 0 Å². The Kier molecular flexibility index (Phi) is 7.95. The molecule has 0 radical (unpaired) electrons. The lowest BCUT2D eigenvalue weighted by molar-refractivity contribution is -0.121. The average molecular weight is 522 g/mol. The Bertz CT molecular complexity index is 972. The van der Waals surface area contributed by atoms with Crippen LogP contribution in [-0.4, -0.2) is 37.1 Å². The first kappa shape index (κ1) is 26.8. The van der Waals surface area contributed by atoms with Gasteiger partial charge in [-0.2, -0.15) is 0 Å². The molecule has 6 rings (SSSR count). The van der Waals surface area contributed by atoms with Crippen LogP contribution in [0.1, 0.15) is 103 Å². The number of benzene rings is 1. The van der Waals surface area contributed by atoms with Crippen LogP contribution in [0.5, 0.6) is 5.75 Å². The molecule has 0 aromatic heterocycles. The molecule has 5 aliphatic rings. The van der Waals surface area contributed by atoms with Crippen LogP contribution in [0, 0.1) is 34.5 Å². The van der Waals surface area contributed by atoms with Gasteiger partial charge in [0, 0.05) is 30.7 Å². The first-order valence-corrected chi connectivity index (χ1v) is 15.9. The third-order valence-corrected chi connectivity index (χ3v) is 12.0. The van der Waals surface area contributed by atoms with Crippen molar-refractivity contribution >= 4 is 0 Å². The fourth-order valence-electron chi connectivity index (χ4n) is 9.88. The number of aliphatic hydroxyl groups excluding tert-OH is 1. The van der Waals surface area contributed by atoms with Crippen molar-refractivity contribution in [3.05, 3.63) is 42.0 Å². The van der Waals surface area contributed by atoms with E-state index in [-0.39, 0.29) is 11.5 Å². The van der Waals surface area contributed by atoms with Gasteiger partial charge in [0.25, 0.3) is 0 Å². The third-order valence-electron chi connectivity index (χ3n) is 12.0. The number of fused-ring (bicyclic) bond motifs is 5. The second kappa shape index (κ2) is 11.3. The molecule has 6 unspecified atom stereocenters. The van der Waals surface area contributed by atoms with E-state index >= 15 is 0 Å². The molecule has 0 amide bonds. The maximum atomic E-state index is 11.4. The van der Waals surface area contributed by atoms with Gasteiger partial charge in [-0.3, -0.25) is 0 Å². The van der Waals surface area contributed by atoms with E-state index in [9.17, 15) is 5.11 Å². The van der Waals surface area contributed by atoms with Crippen molar-refractivity contribution in [3.8, 4) is 5.75 Å². The number of aliphatic hydroxyl groups is 1. The van der Waals surface area contributed by atoms with Gasteiger partial charge in [-0.05, 0) is 124 Å². The Morgan fingerprint density at radius 2 is 1.92 bits per heavy atom. The fourth-order valence-corrected chi connectivity index (χ4v) is 9.88. The lowest BCUT2D eigenvalue weighted by atomic mass is 9.45. The fraction of sp³-hybridized carbons (Fsp3) is 0.765. The number of allylic oxidation sites excluding steroid dienone is 2. The molecule has 4 fully saturated rings. The molecule has 1 saturated heterocycles. The largest absolute Gasteiger partial charge is 0.494 e. The zero-order chi connectivity index (χ0) is 26.2. The minimum Gasteiger partial charge on any atom is -0.494 e. The van der Waals surface area contributed by atoms with Gasteiger partial charge in [0.2, 0.25) is 0 Å². The SMILES string of the molecule is CCC(NC1CCOCC1)c1cccc(OCC[C@]23CCC4C(CCC5CC=CC[C@@]54C)C2CCC3O)c1. The maximum Gasteiger partial charge on any atom is 0.119 e. The lowest BCUT2D eigenvalue weighted by Crippen LogP contribution is -2.54. The highest BCUT2D eigenvalue weighted by atomic mass is 16.5. The predicted octanol–water partition coefficient (Wildman–Crippen LogP) is 7.23. The van der Waals surface area contributed by atoms with Gasteiger partial charge >= 0.3 is 0 Å². The predicted molar refractivity (Wildman–Crippen MR) is 153 cm³/mol. The highest BCUT2D eigenvalue weighted by Gasteiger charge is 2.60. The first-order chi connectivity index (χ1) is 18.5. The van der Waals surface area contributed by atoms with Gasteiger partial charge in [0.1, 0.15) is 5.75 Å². The van der Waals surface area contributed by atoms with Crippen molar-refractivity contribution < 1.29 is 14.6 Å². The van der Waals surface area contributed by atoms with Crippen LogP contribution in [0.3, 0.4) is 0 Å². The summed E-state index contributed by atoms with van der Waals surface area (Å²) in [5.74, 6) is 4.14. The van der Waals surface area contributed by atoms with Crippen molar-refractivity contribution in [2.75, 3.05) is 19.8 Å². The summed E-state index contributed by atoms with van der Waals surface area (Å²) in [6.07, 6.45) is 19.0. The number of hydrogen-bond donors (Lipinski definition) is 2. The molecule has 1 heterocycles. The monoisotopic (exact) mass is 521 g/mol. The Morgan fingerprint density at radius 3 is 2.76 bits per heavy atom. The molecular formula is C34H51NO3. The van der Waals surface area contributed by atoms with Crippen molar-refractivity contribution in [2.24, 2.45) is 34.5 Å². The zero-order valence-corrected chi connectivity index (χ0v) is 23.9. The van der Waals surface area contributed by atoms with Crippen LogP contribution < -0.4 is 10.1 Å². The van der Waals surface area contributed by atoms with Crippen LogP contribution >= 0.6 is 0 Å². The van der Waals surface area contributed by atoms with E-state index in [0.717, 1.165) is 68.8 Å². The van der Waals surface area contributed by atoms with Crippen molar-refractivity contribution in [2.45, 2.75) is 109 Å². The molecule has 2 N–H and O–H groups in total. The summed E-state index contributed by atoms with van der Waals surface area (Å²) < 4.78 is 12.0. The molecule has 4 nitrogen and oxygen atoms in total. The minimum atomic E-state index is -0.159. The summed E-state index contributed by atoms with van der Waals surface area (Å²) >= 11 is 0. The van der Waals surface area contributed by atoms with Gasteiger partial charge in [-0.15, -0.1) is 0 Å². The quantitative estimate of drug-likeness (QED) is 0.355. The summed E-state index contributed by atoms with van der Waals surface area (Å²) in [7, 11) is 0. The van der Waals surface area contributed by atoms with Crippen molar-refractivity contribution in [1.29, 1.82) is 0 Å². The van der Waals surface area contributed by atoms with Gasteiger partial charge in [-0.25, -0.2) is 0 Å². The molecule has 1 aromatic rings. The molecule has 4 heteroatoms. The Labute approximate surface area is 231 Å². The van der Waals surface area contributed by atoms with E-state index in [1.807, 2.05) is 0 Å². The Hall–Kier alpha value is -1.36. The molecule has 1 aliphatic heterocycles. The first-order valence-electron chi connectivity index (χ1n) is 15.9. The molecule has 3 saturated carbocycles. The average Bonchev–Trinajstić information content (AvgIpc) is 3.28. The second-order valence-electron chi connectivity index (χ2n) is 13.6. The molecule has 4 aliphatic carbocycles. The van der Waals surface area contributed by atoms with Crippen LogP contribution in [0.2, 0.25) is 0 Å². The number of hydrogen-bond acceptors (Lipinski definition) is 4.